The molecule has 0 aromatic carbocycles. The van der Waals surface area contributed by atoms with Gasteiger partial charge in [0.25, 0.3) is 0 Å². The third-order valence-electron chi connectivity index (χ3n) is 5.13. The summed E-state index contributed by atoms with van der Waals surface area (Å²) in [7, 11) is 0. The summed E-state index contributed by atoms with van der Waals surface area (Å²) in [5, 5.41) is 8.63. The van der Waals surface area contributed by atoms with Crippen molar-refractivity contribution in [1.29, 1.82) is 0 Å². The molecule has 4 rings (SSSR count). The zero-order chi connectivity index (χ0) is 15.6. The SMILES string of the molecule is O=C(C1CC=CCC1)N1CCC(c2nnc3ccccn23)CC1. The maximum Gasteiger partial charge on any atom is 0.226 e. The quantitative estimate of drug-likeness (QED) is 0.802. The molecule has 1 amide bonds. The van der Waals surface area contributed by atoms with Crippen molar-refractivity contribution in [2.75, 3.05) is 13.1 Å². The Balaban J connectivity index is 1.43. The van der Waals surface area contributed by atoms with Crippen molar-refractivity contribution < 1.29 is 4.79 Å². The van der Waals surface area contributed by atoms with Crippen LogP contribution in [0.3, 0.4) is 0 Å². The molecule has 2 aromatic rings. The Bertz CT molecular complexity index is 727. The molecule has 120 valence electrons. The van der Waals surface area contributed by atoms with Gasteiger partial charge in [0.2, 0.25) is 5.91 Å². The van der Waals surface area contributed by atoms with Gasteiger partial charge in [0, 0.05) is 31.1 Å². The van der Waals surface area contributed by atoms with Crippen LogP contribution in [0.15, 0.2) is 36.5 Å². The van der Waals surface area contributed by atoms with E-state index in [1.54, 1.807) is 0 Å². The Labute approximate surface area is 136 Å². The van der Waals surface area contributed by atoms with Gasteiger partial charge in [-0.3, -0.25) is 9.20 Å². The van der Waals surface area contributed by atoms with Gasteiger partial charge in [0.15, 0.2) is 5.65 Å². The minimum absolute atomic E-state index is 0.200. The van der Waals surface area contributed by atoms with Gasteiger partial charge in [-0.1, -0.05) is 18.2 Å². The molecule has 0 bridgehead atoms. The average Bonchev–Trinajstić information content (AvgIpc) is 3.06. The molecule has 1 aliphatic heterocycles. The standard InChI is InChI=1S/C18H22N4O/c23-18(15-6-2-1-3-7-15)21-12-9-14(10-13-21)17-20-19-16-8-4-5-11-22(16)17/h1-2,4-5,8,11,14-15H,3,6-7,9-10,12-13H2. The molecule has 0 saturated carbocycles. The molecule has 2 aliphatic rings. The van der Waals surface area contributed by atoms with Gasteiger partial charge in [0.05, 0.1) is 0 Å². The van der Waals surface area contributed by atoms with E-state index in [9.17, 15) is 4.79 Å². The first-order chi connectivity index (χ1) is 11.3. The first kappa shape index (κ1) is 14.4. The molecule has 0 radical (unpaired) electrons. The van der Waals surface area contributed by atoms with Crippen LogP contribution in [-0.4, -0.2) is 38.5 Å². The van der Waals surface area contributed by atoms with Crippen molar-refractivity contribution in [3.05, 3.63) is 42.4 Å². The number of rotatable bonds is 2. The fraction of sp³-hybridized carbons (Fsp3) is 0.500. The molecule has 1 saturated heterocycles. The monoisotopic (exact) mass is 310 g/mol. The molecule has 1 unspecified atom stereocenters. The van der Waals surface area contributed by atoms with Gasteiger partial charge < -0.3 is 4.90 Å². The highest BCUT2D eigenvalue weighted by molar-refractivity contribution is 5.79. The van der Waals surface area contributed by atoms with E-state index >= 15 is 0 Å². The zero-order valence-electron chi connectivity index (χ0n) is 13.3. The van der Waals surface area contributed by atoms with Crippen molar-refractivity contribution >= 4 is 11.6 Å². The van der Waals surface area contributed by atoms with Gasteiger partial charge in [-0.15, -0.1) is 10.2 Å². The lowest BCUT2D eigenvalue weighted by molar-refractivity contribution is -0.136. The minimum atomic E-state index is 0.200. The van der Waals surface area contributed by atoms with E-state index in [1.165, 1.54) is 0 Å². The predicted molar refractivity (Wildman–Crippen MR) is 88.0 cm³/mol. The first-order valence-corrected chi connectivity index (χ1v) is 8.56. The number of nitrogens with zero attached hydrogens (tertiary/aromatic N) is 4. The number of pyridine rings is 1. The number of carbonyl (C=O) groups is 1. The van der Waals surface area contributed by atoms with Crippen molar-refractivity contribution in [3.63, 3.8) is 0 Å². The van der Waals surface area contributed by atoms with Crippen LogP contribution in [0.1, 0.15) is 43.8 Å². The van der Waals surface area contributed by atoms with E-state index < -0.39 is 0 Å². The lowest BCUT2D eigenvalue weighted by atomic mass is 9.90. The Morgan fingerprint density at radius 3 is 2.74 bits per heavy atom. The molecular weight excluding hydrogens is 288 g/mol. The van der Waals surface area contributed by atoms with E-state index in [0.29, 0.717) is 11.8 Å². The van der Waals surface area contributed by atoms with E-state index in [4.69, 9.17) is 0 Å². The summed E-state index contributed by atoms with van der Waals surface area (Å²) in [5.41, 5.74) is 0.898. The number of amides is 1. The van der Waals surface area contributed by atoms with Crippen molar-refractivity contribution in [3.8, 4) is 0 Å². The normalized spacial score (nSPS) is 22.6. The lowest BCUT2D eigenvalue weighted by Gasteiger charge is -2.34. The third kappa shape index (κ3) is 2.76. The van der Waals surface area contributed by atoms with E-state index in [-0.39, 0.29) is 5.92 Å². The summed E-state index contributed by atoms with van der Waals surface area (Å²) in [6.07, 6.45) is 11.3. The number of carbonyl (C=O) groups excluding carboxylic acids is 1. The average molecular weight is 310 g/mol. The fourth-order valence-corrected chi connectivity index (χ4v) is 3.77. The summed E-state index contributed by atoms with van der Waals surface area (Å²) < 4.78 is 2.08. The van der Waals surface area contributed by atoms with E-state index in [2.05, 4.69) is 31.7 Å². The molecule has 2 aromatic heterocycles. The molecule has 0 N–H and O–H groups in total. The van der Waals surface area contributed by atoms with Crippen LogP contribution in [-0.2, 0) is 4.79 Å². The maximum absolute atomic E-state index is 12.6. The number of hydrogen-bond acceptors (Lipinski definition) is 3. The molecule has 5 nitrogen and oxygen atoms in total. The van der Waals surface area contributed by atoms with Crippen molar-refractivity contribution in [1.82, 2.24) is 19.5 Å². The minimum Gasteiger partial charge on any atom is -0.342 e. The summed E-state index contributed by atoms with van der Waals surface area (Å²) in [6, 6.07) is 5.97. The molecule has 1 aliphatic carbocycles. The Kier molecular flexibility index (Phi) is 3.85. The highest BCUT2D eigenvalue weighted by Gasteiger charge is 2.30. The van der Waals surface area contributed by atoms with Gasteiger partial charge in [-0.05, 0) is 44.2 Å². The van der Waals surface area contributed by atoms with Crippen LogP contribution in [0, 0.1) is 5.92 Å². The molecular formula is C18H22N4O. The number of likely N-dealkylation sites (tertiary alicyclic amines) is 1. The Morgan fingerprint density at radius 2 is 1.96 bits per heavy atom. The predicted octanol–water partition coefficient (Wildman–Crippen LogP) is 2.79. The second-order valence-corrected chi connectivity index (χ2v) is 6.57. The zero-order valence-corrected chi connectivity index (χ0v) is 13.3. The van der Waals surface area contributed by atoms with Crippen LogP contribution in [0.5, 0.6) is 0 Å². The van der Waals surface area contributed by atoms with Crippen LogP contribution < -0.4 is 0 Å². The smallest absolute Gasteiger partial charge is 0.226 e. The Hall–Kier alpha value is -2.17. The summed E-state index contributed by atoms with van der Waals surface area (Å²) in [6.45, 7) is 1.68. The molecule has 23 heavy (non-hydrogen) atoms. The number of fused-ring (bicyclic) bond motifs is 1. The number of hydrogen-bond donors (Lipinski definition) is 0. The van der Waals surface area contributed by atoms with Crippen LogP contribution in [0.25, 0.3) is 5.65 Å². The second kappa shape index (κ2) is 6.14. The van der Waals surface area contributed by atoms with Gasteiger partial charge >= 0.3 is 0 Å². The third-order valence-corrected chi connectivity index (χ3v) is 5.13. The molecule has 1 fully saturated rings. The lowest BCUT2D eigenvalue weighted by Crippen LogP contribution is -2.41. The maximum atomic E-state index is 12.6. The fourth-order valence-electron chi connectivity index (χ4n) is 3.77. The van der Waals surface area contributed by atoms with Gasteiger partial charge in [-0.25, -0.2) is 0 Å². The molecule has 3 heterocycles. The Morgan fingerprint density at radius 1 is 1.09 bits per heavy atom. The number of piperidine rings is 1. The topological polar surface area (TPSA) is 50.5 Å². The number of aromatic nitrogens is 3. The number of allylic oxidation sites excluding steroid dienone is 2. The van der Waals surface area contributed by atoms with E-state index in [0.717, 1.165) is 56.7 Å². The second-order valence-electron chi connectivity index (χ2n) is 6.57. The van der Waals surface area contributed by atoms with E-state index in [1.807, 2.05) is 24.4 Å². The van der Waals surface area contributed by atoms with Crippen LogP contribution in [0.4, 0.5) is 0 Å². The van der Waals surface area contributed by atoms with Crippen molar-refractivity contribution in [2.45, 2.75) is 38.0 Å². The van der Waals surface area contributed by atoms with Crippen LogP contribution >= 0.6 is 0 Å². The highest BCUT2D eigenvalue weighted by atomic mass is 16.2. The molecule has 5 heteroatoms. The first-order valence-electron chi connectivity index (χ1n) is 8.56. The summed E-state index contributed by atoms with van der Waals surface area (Å²) in [4.78, 5) is 14.7. The van der Waals surface area contributed by atoms with Gasteiger partial charge in [-0.2, -0.15) is 0 Å². The highest BCUT2D eigenvalue weighted by Crippen LogP contribution is 2.29. The largest absolute Gasteiger partial charge is 0.342 e. The molecule has 1 atom stereocenters. The van der Waals surface area contributed by atoms with Crippen LogP contribution in [0.2, 0.25) is 0 Å². The molecule has 0 spiro atoms. The van der Waals surface area contributed by atoms with Crippen molar-refractivity contribution in [2.24, 2.45) is 5.92 Å². The summed E-state index contributed by atoms with van der Waals surface area (Å²) in [5.74, 6) is 1.97. The van der Waals surface area contributed by atoms with Gasteiger partial charge in [0.1, 0.15) is 5.82 Å². The summed E-state index contributed by atoms with van der Waals surface area (Å²) >= 11 is 0.